The fraction of sp³-hybridized carbons (Fsp3) is 0.100. The summed E-state index contributed by atoms with van der Waals surface area (Å²) in [5.41, 5.74) is 4.10. The maximum absolute atomic E-state index is 11.6. The zero-order valence-corrected chi connectivity index (χ0v) is 15.5. The van der Waals surface area contributed by atoms with E-state index in [-0.39, 0.29) is 6.10 Å². The minimum Gasteiger partial charge on any atom is -0.480 e. The third-order valence-corrected chi connectivity index (χ3v) is 5.15. The molecule has 1 aliphatic rings. The highest BCUT2D eigenvalue weighted by Crippen LogP contribution is 2.48. The van der Waals surface area contributed by atoms with Gasteiger partial charge in [-0.1, -0.05) is 54.1 Å². The molecule has 6 heteroatoms. The van der Waals surface area contributed by atoms with Crippen LogP contribution in [0, 0.1) is 0 Å². The van der Waals surface area contributed by atoms with Gasteiger partial charge in [0.05, 0.1) is 11.3 Å². The lowest BCUT2D eigenvalue weighted by Gasteiger charge is -2.30. The molecule has 1 aliphatic heterocycles. The fourth-order valence-electron chi connectivity index (χ4n) is 3.21. The summed E-state index contributed by atoms with van der Waals surface area (Å²) in [5, 5.41) is 0.596. The summed E-state index contributed by atoms with van der Waals surface area (Å²) >= 11 is 6.42. The topological polar surface area (TPSA) is 55.4 Å². The van der Waals surface area contributed by atoms with Crippen molar-refractivity contribution in [1.82, 2.24) is 0 Å². The van der Waals surface area contributed by atoms with Crippen LogP contribution in [0.5, 0.6) is 5.75 Å². The normalized spacial score (nSPS) is 15.5. The van der Waals surface area contributed by atoms with Crippen molar-refractivity contribution in [3.8, 4) is 16.9 Å². The van der Waals surface area contributed by atoms with Gasteiger partial charge in [0.1, 0.15) is 11.9 Å². The lowest BCUT2D eigenvalue weighted by molar-refractivity contribution is 0.243. The smallest absolute Gasteiger partial charge is 0.229 e. The zero-order chi connectivity index (χ0) is 18.3. The summed E-state index contributed by atoms with van der Waals surface area (Å²) < 4.78 is 32.0. The first-order valence-electron chi connectivity index (χ1n) is 8.04. The Balaban J connectivity index is 1.92. The van der Waals surface area contributed by atoms with Crippen LogP contribution < -0.4 is 9.46 Å². The number of nitrogens with one attached hydrogen (secondary N) is 1. The van der Waals surface area contributed by atoms with Crippen molar-refractivity contribution in [2.24, 2.45) is 0 Å². The number of sulfonamides is 1. The summed E-state index contributed by atoms with van der Waals surface area (Å²) in [6, 6.07) is 20.8. The molecule has 0 fully saturated rings. The van der Waals surface area contributed by atoms with E-state index >= 15 is 0 Å². The third-order valence-electron chi connectivity index (χ3n) is 4.23. The molecule has 0 saturated carbocycles. The molecule has 0 bridgehead atoms. The average molecular weight is 386 g/mol. The van der Waals surface area contributed by atoms with Gasteiger partial charge in [-0.2, -0.15) is 0 Å². The standard InChI is InChI=1S/C20H16ClNO3S/c1-26(23,24)22-14-10-11-15-16(12-14)20(13-6-3-2-4-7-13)25-18-9-5-8-17(21)19(15)18/h2-12,20,22H,1H3. The number of rotatable bonds is 3. The predicted octanol–water partition coefficient (Wildman–Crippen LogP) is 4.86. The minimum absolute atomic E-state index is 0.349. The van der Waals surface area contributed by atoms with Crippen molar-refractivity contribution < 1.29 is 13.2 Å². The molecule has 1 heterocycles. The molecule has 0 amide bonds. The second-order valence-electron chi connectivity index (χ2n) is 6.20. The SMILES string of the molecule is CS(=O)(=O)Nc1ccc2c(c1)C(c1ccccc1)Oc1cccc(Cl)c1-2. The van der Waals surface area contributed by atoms with Gasteiger partial charge in [0.25, 0.3) is 0 Å². The van der Waals surface area contributed by atoms with E-state index in [1.165, 1.54) is 0 Å². The molecule has 1 N–H and O–H groups in total. The van der Waals surface area contributed by atoms with E-state index in [1.807, 2.05) is 54.6 Å². The van der Waals surface area contributed by atoms with Crippen molar-refractivity contribution in [2.45, 2.75) is 6.10 Å². The molecule has 0 saturated heterocycles. The molecule has 1 atom stereocenters. The first-order valence-corrected chi connectivity index (χ1v) is 10.3. The Morgan fingerprint density at radius 2 is 1.77 bits per heavy atom. The molecule has 26 heavy (non-hydrogen) atoms. The maximum atomic E-state index is 11.6. The van der Waals surface area contributed by atoms with Gasteiger partial charge < -0.3 is 4.74 Å². The fourth-order valence-corrected chi connectivity index (χ4v) is 4.04. The molecular formula is C20H16ClNO3S. The van der Waals surface area contributed by atoms with Crippen LogP contribution in [0.3, 0.4) is 0 Å². The summed E-state index contributed by atoms with van der Waals surface area (Å²) in [6.07, 6.45) is 0.780. The summed E-state index contributed by atoms with van der Waals surface area (Å²) in [5.74, 6) is 0.711. The molecular weight excluding hydrogens is 370 g/mol. The summed E-state index contributed by atoms with van der Waals surface area (Å²) in [7, 11) is -3.37. The summed E-state index contributed by atoms with van der Waals surface area (Å²) in [6.45, 7) is 0. The molecule has 0 aliphatic carbocycles. The van der Waals surface area contributed by atoms with Gasteiger partial charge in [0.2, 0.25) is 10.0 Å². The van der Waals surface area contributed by atoms with E-state index in [9.17, 15) is 8.42 Å². The maximum Gasteiger partial charge on any atom is 0.229 e. The monoisotopic (exact) mass is 385 g/mol. The van der Waals surface area contributed by atoms with Crippen LogP contribution in [0.25, 0.3) is 11.1 Å². The molecule has 4 rings (SSSR count). The molecule has 132 valence electrons. The Bertz CT molecular complexity index is 1080. The van der Waals surface area contributed by atoms with E-state index in [4.69, 9.17) is 16.3 Å². The van der Waals surface area contributed by atoms with Crippen LogP contribution in [-0.4, -0.2) is 14.7 Å². The van der Waals surface area contributed by atoms with Crippen LogP contribution in [-0.2, 0) is 10.0 Å². The summed E-state index contributed by atoms with van der Waals surface area (Å²) in [4.78, 5) is 0. The van der Waals surface area contributed by atoms with Crippen molar-refractivity contribution in [3.05, 3.63) is 82.9 Å². The van der Waals surface area contributed by atoms with Crippen LogP contribution in [0.2, 0.25) is 5.02 Å². The van der Waals surface area contributed by atoms with E-state index in [0.717, 1.165) is 28.5 Å². The second-order valence-corrected chi connectivity index (χ2v) is 8.35. The van der Waals surface area contributed by atoms with Gasteiger partial charge >= 0.3 is 0 Å². The van der Waals surface area contributed by atoms with Crippen molar-refractivity contribution in [2.75, 3.05) is 11.0 Å². The molecule has 4 nitrogen and oxygen atoms in total. The number of hydrogen-bond donors (Lipinski definition) is 1. The number of ether oxygens (including phenoxy) is 1. The number of benzene rings is 3. The van der Waals surface area contributed by atoms with Gasteiger partial charge in [-0.3, -0.25) is 4.72 Å². The highest BCUT2D eigenvalue weighted by atomic mass is 35.5. The number of halogens is 1. The van der Waals surface area contributed by atoms with Crippen LogP contribution >= 0.6 is 11.6 Å². The van der Waals surface area contributed by atoms with E-state index < -0.39 is 10.0 Å². The lowest BCUT2D eigenvalue weighted by Crippen LogP contribution is -2.17. The van der Waals surface area contributed by atoms with E-state index in [2.05, 4.69) is 4.72 Å². The van der Waals surface area contributed by atoms with Gasteiger partial charge in [-0.25, -0.2) is 8.42 Å². The Morgan fingerprint density at radius 1 is 1.00 bits per heavy atom. The Hall–Kier alpha value is -2.50. The molecule has 3 aromatic carbocycles. The quantitative estimate of drug-likeness (QED) is 0.700. The van der Waals surface area contributed by atoms with Gasteiger partial charge in [-0.05, 0) is 35.4 Å². The number of fused-ring (bicyclic) bond motifs is 3. The Kier molecular flexibility index (Phi) is 4.13. The van der Waals surface area contributed by atoms with E-state index in [1.54, 1.807) is 12.1 Å². The zero-order valence-electron chi connectivity index (χ0n) is 13.9. The Labute approximate surface area is 157 Å². The molecule has 3 aromatic rings. The van der Waals surface area contributed by atoms with Gasteiger partial charge in [0.15, 0.2) is 0 Å². The van der Waals surface area contributed by atoms with E-state index in [0.29, 0.717) is 16.5 Å². The minimum atomic E-state index is -3.37. The largest absolute Gasteiger partial charge is 0.480 e. The van der Waals surface area contributed by atoms with Crippen molar-refractivity contribution in [1.29, 1.82) is 0 Å². The van der Waals surface area contributed by atoms with Gasteiger partial charge in [0, 0.05) is 16.8 Å². The lowest BCUT2D eigenvalue weighted by atomic mass is 9.89. The molecule has 0 aromatic heterocycles. The van der Waals surface area contributed by atoms with Crippen LogP contribution in [0.15, 0.2) is 66.7 Å². The predicted molar refractivity (Wildman–Crippen MR) is 104 cm³/mol. The number of anilines is 1. The first-order chi connectivity index (χ1) is 12.4. The highest BCUT2D eigenvalue weighted by molar-refractivity contribution is 7.92. The molecule has 0 radical (unpaired) electrons. The van der Waals surface area contributed by atoms with Crippen LogP contribution in [0.1, 0.15) is 17.2 Å². The third kappa shape index (κ3) is 3.16. The second kappa shape index (κ2) is 6.34. The van der Waals surface area contributed by atoms with Crippen LogP contribution in [0.4, 0.5) is 5.69 Å². The molecule has 1 unspecified atom stereocenters. The highest BCUT2D eigenvalue weighted by Gasteiger charge is 2.29. The first kappa shape index (κ1) is 16.9. The van der Waals surface area contributed by atoms with Crippen molar-refractivity contribution >= 4 is 27.3 Å². The van der Waals surface area contributed by atoms with Gasteiger partial charge in [-0.15, -0.1) is 0 Å². The number of hydrogen-bond acceptors (Lipinski definition) is 3. The Morgan fingerprint density at radius 3 is 2.50 bits per heavy atom. The average Bonchev–Trinajstić information content (AvgIpc) is 2.60. The van der Waals surface area contributed by atoms with Crippen molar-refractivity contribution in [3.63, 3.8) is 0 Å². The molecule has 0 spiro atoms.